The van der Waals surface area contributed by atoms with Gasteiger partial charge in [-0.3, -0.25) is 0 Å². The van der Waals surface area contributed by atoms with Crippen molar-refractivity contribution in [2.24, 2.45) is 5.92 Å². The fourth-order valence-electron chi connectivity index (χ4n) is 1.94. The first-order chi connectivity index (χ1) is 6.43. The lowest BCUT2D eigenvalue weighted by molar-refractivity contribution is -0.186. The molecule has 2 atom stereocenters. The maximum atomic E-state index is 12.4. The van der Waals surface area contributed by atoms with Crippen LogP contribution in [0.5, 0.6) is 0 Å². The lowest BCUT2D eigenvalue weighted by atomic mass is 9.76. The third-order valence-corrected chi connectivity index (χ3v) is 2.91. The second-order valence-corrected chi connectivity index (χ2v) is 3.78. The summed E-state index contributed by atoms with van der Waals surface area (Å²) >= 11 is 0. The highest BCUT2D eigenvalue weighted by molar-refractivity contribution is 5.09. The molecule has 1 fully saturated rings. The standard InChI is InChI=1S/C9H13F3N2/c1-14-8(6-13)4-2-3-7(5-8)9(10,11)12/h7,14H,2-5H2,1H3. The highest BCUT2D eigenvalue weighted by Crippen LogP contribution is 2.41. The lowest BCUT2D eigenvalue weighted by Crippen LogP contribution is -2.48. The Morgan fingerprint density at radius 1 is 1.50 bits per heavy atom. The first-order valence-corrected chi connectivity index (χ1v) is 4.60. The number of nitrogens with zero attached hydrogens (tertiary/aromatic N) is 1. The van der Waals surface area contributed by atoms with E-state index in [0.717, 1.165) is 0 Å². The fraction of sp³-hybridized carbons (Fsp3) is 0.889. The van der Waals surface area contributed by atoms with Crippen molar-refractivity contribution < 1.29 is 13.2 Å². The molecule has 0 radical (unpaired) electrons. The summed E-state index contributed by atoms with van der Waals surface area (Å²) in [5.41, 5.74) is -0.974. The van der Waals surface area contributed by atoms with Gasteiger partial charge in [0.15, 0.2) is 0 Å². The van der Waals surface area contributed by atoms with E-state index in [-0.39, 0.29) is 12.8 Å². The molecular weight excluding hydrogens is 193 g/mol. The van der Waals surface area contributed by atoms with E-state index >= 15 is 0 Å². The van der Waals surface area contributed by atoms with Crippen LogP contribution >= 0.6 is 0 Å². The van der Waals surface area contributed by atoms with Gasteiger partial charge in [-0.15, -0.1) is 0 Å². The topological polar surface area (TPSA) is 35.8 Å². The van der Waals surface area contributed by atoms with Gasteiger partial charge in [-0.1, -0.05) is 0 Å². The minimum Gasteiger partial charge on any atom is -0.302 e. The predicted molar refractivity (Wildman–Crippen MR) is 45.4 cm³/mol. The monoisotopic (exact) mass is 206 g/mol. The molecular formula is C9H13F3N2. The summed E-state index contributed by atoms with van der Waals surface area (Å²) < 4.78 is 37.3. The zero-order valence-corrected chi connectivity index (χ0v) is 7.99. The summed E-state index contributed by atoms with van der Waals surface area (Å²) in [5.74, 6) is -1.33. The first kappa shape index (κ1) is 11.3. The molecule has 0 saturated heterocycles. The van der Waals surface area contributed by atoms with Crippen molar-refractivity contribution in [3.05, 3.63) is 0 Å². The van der Waals surface area contributed by atoms with Crippen LogP contribution in [0, 0.1) is 17.2 Å². The van der Waals surface area contributed by atoms with Gasteiger partial charge in [-0.2, -0.15) is 18.4 Å². The summed E-state index contributed by atoms with van der Waals surface area (Å²) in [4.78, 5) is 0. The highest BCUT2D eigenvalue weighted by atomic mass is 19.4. The smallest absolute Gasteiger partial charge is 0.302 e. The molecule has 0 bridgehead atoms. The predicted octanol–water partition coefficient (Wildman–Crippen LogP) is 2.22. The molecule has 0 amide bonds. The molecule has 1 saturated carbocycles. The maximum absolute atomic E-state index is 12.4. The van der Waals surface area contributed by atoms with Crippen molar-refractivity contribution in [3.8, 4) is 6.07 Å². The van der Waals surface area contributed by atoms with Crippen molar-refractivity contribution in [1.82, 2.24) is 5.32 Å². The molecule has 80 valence electrons. The Labute approximate surface area is 81.1 Å². The van der Waals surface area contributed by atoms with Gasteiger partial charge in [0.1, 0.15) is 5.54 Å². The number of nitriles is 1. The molecule has 0 aliphatic heterocycles. The van der Waals surface area contributed by atoms with Crippen LogP contribution in [0.3, 0.4) is 0 Å². The van der Waals surface area contributed by atoms with E-state index in [1.165, 1.54) is 0 Å². The molecule has 1 rings (SSSR count). The van der Waals surface area contributed by atoms with E-state index in [9.17, 15) is 13.2 Å². The molecule has 1 aliphatic carbocycles. The van der Waals surface area contributed by atoms with E-state index in [2.05, 4.69) is 5.32 Å². The number of hydrogen-bond donors (Lipinski definition) is 1. The molecule has 1 N–H and O–H groups in total. The van der Waals surface area contributed by atoms with Gasteiger partial charge in [-0.05, 0) is 32.7 Å². The third kappa shape index (κ3) is 2.18. The molecule has 0 heterocycles. The van der Waals surface area contributed by atoms with Gasteiger partial charge in [0.05, 0.1) is 12.0 Å². The van der Waals surface area contributed by atoms with Crippen LogP contribution in [0.15, 0.2) is 0 Å². The Hall–Kier alpha value is -0.760. The normalized spacial score (nSPS) is 33.8. The second-order valence-electron chi connectivity index (χ2n) is 3.78. The average Bonchev–Trinajstić information content (AvgIpc) is 2.16. The van der Waals surface area contributed by atoms with Crippen molar-refractivity contribution in [1.29, 1.82) is 5.26 Å². The molecule has 0 spiro atoms. The molecule has 0 aromatic heterocycles. The zero-order valence-electron chi connectivity index (χ0n) is 7.99. The Morgan fingerprint density at radius 2 is 2.14 bits per heavy atom. The van der Waals surface area contributed by atoms with E-state index in [0.29, 0.717) is 12.8 Å². The fourth-order valence-corrected chi connectivity index (χ4v) is 1.94. The van der Waals surface area contributed by atoms with Gasteiger partial charge in [0.2, 0.25) is 0 Å². The zero-order chi connectivity index (χ0) is 10.8. The Balaban J connectivity index is 2.74. The molecule has 0 aromatic carbocycles. The molecule has 1 aliphatic rings. The van der Waals surface area contributed by atoms with Crippen LogP contribution in [0.25, 0.3) is 0 Å². The van der Waals surface area contributed by atoms with Crippen molar-refractivity contribution >= 4 is 0 Å². The van der Waals surface area contributed by atoms with Gasteiger partial charge in [0.25, 0.3) is 0 Å². The summed E-state index contributed by atoms with van der Waals surface area (Å²) in [6, 6.07) is 1.96. The summed E-state index contributed by atoms with van der Waals surface area (Å²) in [5, 5.41) is 11.6. The Morgan fingerprint density at radius 3 is 2.57 bits per heavy atom. The summed E-state index contributed by atoms with van der Waals surface area (Å²) in [6.45, 7) is 0. The molecule has 5 heteroatoms. The van der Waals surface area contributed by atoms with E-state index in [1.807, 2.05) is 6.07 Å². The van der Waals surface area contributed by atoms with E-state index in [4.69, 9.17) is 5.26 Å². The number of hydrogen-bond acceptors (Lipinski definition) is 2. The van der Waals surface area contributed by atoms with Crippen LogP contribution in [0.2, 0.25) is 0 Å². The third-order valence-electron chi connectivity index (χ3n) is 2.91. The largest absolute Gasteiger partial charge is 0.391 e. The molecule has 2 nitrogen and oxygen atoms in total. The molecule has 0 aromatic rings. The summed E-state index contributed by atoms with van der Waals surface area (Å²) in [6.07, 6.45) is -3.18. The summed E-state index contributed by atoms with van der Waals surface area (Å²) in [7, 11) is 1.54. The van der Waals surface area contributed by atoms with Crippen LogP contribution in [0.4, 0.5) is 13.2 Å². The van der Waals surface area contributed by atoms with Gasteiger partial charge in [-0.25, -0.2) is 0 Å². The molecule has 2 unspecified atom stereocenters. The van der Waals surface area contributed by atoms with E-state index in [1.54, 1.807) is 7.05 Å². The Bertz CT molecular complexity index is 243. The second kappa shape index (κ2) is 3.77. The first-order valence-electron chi connectivity index (χ1n) is 4.60. The van der Waals surface area contributed by atoms with Gasteiger partial charge < -0.3 is 5.32 Å². The van der Waals surface area contributed by atoms with E-state index < -0.39 is 17.6 Å². The van der Waals surface area contributed by atoms with Crippen LogP contribution in [0.1, 0.15) is 25.7 Å². The van der Waals surface area contributed by atoms with Crippen molar-refractivity contribution in [3.63, 3.8) is 0 Å². The van der Waals surface area contributed by atoms with Crippen molar-refractivity contribution in [2.45, 2.75) is 37.4 Å². The van der Waals surface area contributed by atoms with Crippen LogP contribution in [-0.2, 0) is 0 Å². The highest BCUT2D eigenvalue weighted by Gasteiger charge is 2.47. The Kier molecular flexibility index (Phi) is 3.05. The number of nitrogens with one attached hydrogen (secondary N) is 1. The number of halogens is 3. The average molecular weight is 206 g/mol. The number of alkyl halides is 3. The SMILES string of the molecule is CNC1(C#N)CCCC(C(F)(F)F)C1. The van der Waals surface area contributed by atoms with Crippen molar-refractivity contribution in [2.75, 3.05) is 7.05 Å². The van der Waals surface area contributed by atoms with Crippen LogP contribution in [-0.4, -0.2) is 18.8 Å². The lowest BCUT2D eigenvalue weighted by Gasteiger charge is -2.36. The minimum absolute atomic E-state index is 0.122. The van der Waals surface area contributed by atoms with Gasteiger partial charge in [0, 0.05) is 0 Å². The maximum Gasteiger partial charge on any atom is 0.391 e. The number of rotatable bonds is 1. The van der Waals surface area contributed by atoms with Gasteiger partial charge >= 0.3 is 6.18 Å². The minimum atomic E-state index is -4.17. The quantitative estimate of drug-likeness (QED) is 0.714. The van der Waals surface area contributed by atoms with Crippen LogP contribution < -0.4 is 5.32 Å². The molecule has 14 heavy (non-hydrogen) atoms.